The number of carbonyl (C=O) groups is 1. The molecule has 0 radical (unpaired) electrons. The van der Waals surface area contributed by atoms with Gasteiger partial charge >= 0.3 is 0 Å². The summed E-state index contributed by atoms with van der Waals surface area (Å²) in [6.45, 7) is 5.87. The minimum Gasteiger partial charge on any atom is -0.447 e. The molecule has 24 heavy (non-hydrogen) atoms. The van der Waals surface area contributed by atoms with Gasteiger partial charge in [0.25, 0.3) is 5.91 Å². The molecule has 0 saturated heterocycles. The van der Waals surface area contributed by atoms with Crippen molar-refractivity contribution in [1.29, 1.82) is 0 Å². The van der Waals surface area contributed by atoms with Crippen molar-refractivity contribution < 1.29 is 9.21 Å². The standard InChI is InChI=1S/C18H20N4O2/c1-12(2)17-16(19-11-24-17)18(23)21-13(3)14-6-4-7-15(10-14)22-9-5-8-20-22/h4-13H,1-3H3,(H,21,23)/t13-/m0/s1. The fraction of sp³-hybridized carbons (Fsp3) is 0.278. The highest BCUT2D eigenvalue weighted by Crippen LogP contribution is 2.20. The van der Waals surface area contributed by atoms with Crippen molar-refractivity contribution in [2.45, 2.75) is 32.7 Å². The van der Waals surface area contributed by atoms with E-state index >= 15 is 0 Å². The predicted molar refractivity (Wildman–Crippen MR) is 90.0 cm³/mol. The summed E-state index contributed by atoms with van der Waals surface area (Å²) in [7, 11) is 0. The summed E-state index contributed by atoms with van der Waals surface area (Å²) in [6.07, 6.45) is 4.93. The maximum Gasteiger partial charge on any atom is 0.274 e. The molecule has 0 fully saturated rings. The molecule has 3 rings (SSSR count). The SMILES string of the molecule is CC(C)c1ocnc1C(=O)N[C@@H](C)c1cccc(-n2cccn2)c1. The van der Waals surface area contributed by atoms with Crippen LogP contribution in [0.25, 0.3) is 5.69 Å². The third kappa shape index (κ3) is 3.22. The van der Waals surface area contributed by atoms with Gasteiger partial charge in [-0.05, 0) is 30.7 Å². The van der Waals surface area contributed by atoms with Crippen LogP contribution in [-0.4, -0.2) is 20.7 Å². The molecule has 1 amide bonds. The Balaban J connectivity index is 1.77. The van der Waals surface area contributed by atoms with Crippen molar-refractivity contribution in [1.82, 2.24) is 20.1 Å². The van der Waals surface area contributed by atoms with Gasteiger partial charge in [0.05, 0.1) is 11.7 Å². The van der Waals surface area contributed by atoms with Gasteiger partial charge in [-0.15, -0.1) is 0 Å². The van der Waals surface area contributed by atoms with Crippen LogP contribution in [0, 0.1) is 0 Å². The van der Waals surface area contributed by atoms with E-state index in [0.717, 1.165) is 11.3 Å². The molecule has 1 atom stereocenters. The number of hydrogen-bond donors (Lipinski definition) is 1. The van der Waals surface area contributed by atoms with Gasteiger partial charge in [-0.3, -0.25) is 4.79 Å². The number of rotatable bonds is 5. The number of benzene rings is 1. The van der Waals surface area contributed by atoms with Crippen LogP contribution in [0.4, 0.5) is 0 Å². The summed E-state index contributed by atoms with van der Waals surface area (Å²) in [5, 5.41) is 7.20. The minimum atomic E-state index is -0.232. The lowest BCUT2D eigenvalue weighted by atomic mass is 10.1. The maximum absolute atomic E-state index is 12.5. The van der Waals surface area contributed by atoms with Gasteiger partial charge in [0.1, 0.15) is 5.76 Å². The molecule has 6 nitrogen and oxygen atoms in total. The lowest BCUT2D eigenvalue weighted by molar-refractivity contribution is 0.0933. The van der Waals surface area contributed by atoms with Crippen LogP contribution >= 0.6 is 0 Å². The van der Waals surface area contributed by atoms with E-state index in [-0.39, 0.29) is 17.9 Å². The third-order valence-electron chi connectivity index (χ3n) is 3.82. The Bertz CT molecular complexity index is 821. The number of nitrogens with one attached hydrogen (secondary N) is 1. The summed E-state index contributed by atoms with van der Waals surface area (Å²) in [6, 6.07) is 9.61. The van der Waals surface area contributed by atoms with Gasteiger partial charge in [-0.25, -0.2) is 9.67 Å². The lowest BCUT2D eigenvalue weighted by Crippen LogP contribution is -2.28. The zero-order chi connectivity index (χ0) is 17.1. The van der Waals surface area contributed by atoms with Crippen molar-refractivity contribution in [3.05, 3.63) is 66.1 Å². The maximum atomic E-state index is 12.5. The number of amides is 1. The van der Waals surface area contributed by atoms with E-state index in [1.807, 2.05) is 57.3 Å². The summed E-state index contributed by atoms with van der Waals surface area (Å²) >= 11 is 0. The van der Waals surface area contributed by atoms with Gasteiger partial charge in [0.15, 0.2) is 12.1 Å². The van der Waals surface area contributed by atoms with E-state index in [1.54, 1.807) is 10.9 Å². The fourth-order valence-electron chi connectivity index (χ4n) is 2.54. The molecule has 1 aromatic carbocycles. The summed E-state index contributed by atoms with van der Waals surface area (Å²) < 4.78 is 7.10. The molecule has 0 bridgehead atoms. The first-order valence-electron chi connectivity index (χ1n) is 7.90. The normalized spacial score (nSPS) is 12.3. The molecule has 6 heteroatoms. The quantitative estimate of drug-likeness (QED) is 0.780. The topological polar surface area (TPSA) is 73.0 Å². The highest BCUT2D eigenvalue weighted by atomic mass is 16.3. The zero-order valence-corrected chi connectivity index (χ0v) is 13.9. The molecule has 1 N–H and O–H groups in total. The number of hydrogen-bond acceptors (Lipinski definition) is 4. The molecule has 0 unspecified atom stereocenters. The van der Waals surface area contributed by atoms with Crippen LogP contribution in [0.3, 0.4) is 0 Å². The van der Waals surface area contributed by atoms with Crippen LogP contribution < -0.4 is 5.32 Å². The molecule has 3 aromatic rings. The van der Waals surface area contributed by atoms with E-state index in [2.05, 4.69) is 15.4 Å². The fourth-order valence-corrected chi connectivity index (χ4v) is 2.54. The second kappa shape index (κ2) is 6.70. The van der Waals surface area contributed by atoms with Crippen molar-refractivity contribution in [3.8, 4) is 5.69 Å². The van der Waals surface area contributed by atoms with Crippen molar-refractivity contribution in [2.75, 3.05) is 0 Å². The van der Waals surface area contributed by atoms with E-state index in [9.17, 15) is 4.79 Å². The summed E-state index contributed by atoms with van der Waals surface area (Å²) in [5.74, 6) is 0.473. The molecule has 0 aliphatic carbocycles. The molecule has 2 heterocycles. The number of nitrogens with zero attached hydrogens (tertiary/aromatic N) is 3. The molecule has 0 aliphatic rings. The van der Waals surface area contributed by atoms with Gasteiger partial charge in [0.2, 0.25) is 0 Å². The molecule has 124 valence electrons. The first-order chi connectivity index (χ1) is 11.6. The van der Waals surface area contributed by atoms with Crippen LogP contribution in [0.2, 0.25) is 0 Å². The molecular weight excluding hydrogens is 304 g/mol. The van der Waals surface area contributed by atoms with Crippen LogP contribution in [0.5, 0.6) is 0 Å². The van der Waals surface area contributed by atoms with Crippen molar-refractivity contribution >= 4 is 5.91 Å². The molecule has 2 aromatic heterocycles. The summed E-state index contributed by atoms with van der Waals surface area (Å²) in [5.41, 5.74) is 2.29. The van der Waals surface area contributed by atoms with E-state index in [1.165, 1.54) is 6.39 Å². The Labute approximate surface area is 140 Å². The smallest absolute Gasteiger partial charge is 0.274 e. The highest BCUT2D eigenvalue weighted by molar-refractivity contribution is 5.93. The number of oxazole rings is 1. The lowest BCUT2D eigenvalue weighted by Gasteiger charge is -2.15. The van der Waals surface area contributed by atoms with E-state index in [4.69, 9.17) is 4.42 Å². The highest BCUT2D eigenvalue weighted by Gasteiger charge is 2.21. The Morgan fingerprint density at radius 1 is 1.25 bits per heavy atom. The number of carbonyl (C=O) groups excluding carboxylic acids is 1. The molecule has 0 spiro atoms. The molecular formula is C18H20N4O2. The average Bonchev–Trinajstić information content (AvgIpc) is 3.26. The van der Waals surface area contributed by atoms with Crippen LogP contribution in [-0.2, 0) is 0 Å². The average molecular weight is 324 g/mol. The Hall–Kier alpha value is -2.89. The minimum absolute atomic E-state index is 0.103. The van der Waals surface area contributed by atoms with Crippen molar-refractivity contribution in [2.24, 2.45) is 0 Å². The summed E-state index contributed by atoms with van der Waals surface area (Å²) in [4.78, 5) is 16.5. The molecule has 0 aliphatic heterocycles. The van der Waals surface area contributed by atoms with Crippen LogP contribution in [0.15, 0.2) is 53.5 Å². The Kier molecular flexibility index (Phi) is 4.46. The zero-order valence-electron chi connectivity index (χ0n) is 13.9. The largest absolute Gasteiger partial charge is 0.447 e. The first-order valence-corrected chi connectivity index (χ1v) is 7.90. The third-order valence-corrected chi connectivity index (χ3v) is 3.82. The van der Waals surface area contributed by atoms with Gasteiger partial charge in [-0.2, -0.15) is 5.10 Å². The van der Waals surface area contributed by atoms with Crippen LogP contribution in [0.1, 0.15) is 54.5 Å². The second-order valence-corrected chi connectivity index (χ2v) is 5.96. The van der Waals surface area contributed by atoms with Crippen molar-refractivity contribution in [3.63, 3.8) is 0 Å². The second-order valence-electron chi connectivity index (χ2n) is 5.96. The predicted octanol–water partition coefficient (Wildman–Crippen LogP) is 3.47. The van der Waals surface area contributed by atoms with Gasteiger partial charge in [-0.1, -0.05) is 26.0 Å². The first kappa shape index (κ1) is 16.0. The van der Waals surface area contributed by atoms with E-state index < -0.39 is 0 Å². The Morgan fingerprint density at radius 3 is 2.79 bits per heavy atom. The Morgan fingerprint density at radius 2 is 2.08 bits per heavy atom. The van der Waals surface area contributed by atoms with Gasteiger partial charge in [0, 0.05) is 18.3 Å². The monoisotopic (exact) mass is 324 g/mol. The van der Waals surface area contributed by atoms with E-state index in [0.29, 0.717) is 11.5 Å². The van der Waals surface area contributed by atoms with Gasteiger partial charge < -0.3 is 9.73 Å². The molecule has 0 saturated carbocycles. The number of aromatic nitrogens is 3.